The van der Waals surface area contributed by atoms with Crippen LogP contribution >= 0.6 is 23.1 Å². The van der Waals surface area contributed by atoms with Crippen molar-refractivity contribution >= 4 is 45.1 Å². The monoisotopic (exact) mass is 454 g/mol. The van der Waals surface area contributed by atoms with Crippen molar-refractivity contribution < 1.29 is 14.0 Å². The van der Waals surface area contributed by atoms with E-state index in [-0.39, 0.29) is 16.9 Å². The number of amides is 2. The summed E-state index contributed by atoms with van der Waals surface area (Å²) in [4.78, 5) is 42.3. The number of hydrogen-bond acceptors (Lipinski definition) is 6. The van der Waals surface area contributed by atoms with E-state index in [0.29, 0.717) is 21.1 Å². The highest BCUT2D eigenvalue weighted by molar-refractivity contribution is 7.99. The van der Waals surface area contributed by atoms with E-state index in [1.165, 1.54) is 34.1 Å². The van der Waals surface area contributed by atoms with Gasteiger partial charge in [0.2, 0.25) is 5.91 Å². The van der Waals surface area contributed by atoms with Crippen LogP contribution in [-0.4, -0.2) is 27.1 Å². The highest BCUT2D eigenvalue weighted by atomic mass is 32.2. The Hall–Kier alpha value is -3.50. The number of hydrogen-bond donors (Lipinski definition) is 2. The molecular formula is C21H15FN4O3S2. The third-order valence-electron chi connectivity index (χ3n) is 4.25. The van der Waals surface area contributed by atoms with Gasteiger partial charge in [-0.1, -0.05) is 42.1 Å². The zero-order chi connectivity index (χ0) is 21.8. The van der Waals surface area contributed by atoms with Crippen LogP contribution in [0.4, 0.5) is 4.39 Å². The predicted octanol–water partition coefficient (Wildman–Crippen LogP) is 3.14. The van der Waals surface area contributed by atoms with Gasteiger partial charge in [-0.2, -0.15) is 0 Å². The molecule has 7 nitrogen and oxygen atoms in total. The molecule has 0 saturated heterocycles. The van der Waals surface area contributed by atoms with Crippen LogP contribution in [0.1, 0.15) is 10.4 Å². The van der Waals surface area contributed by atoms with Gasteiger partial charge in [0.1, 0.15) is 10.6 Å². The zero-order valence-corrected chi connectivity index (χ0v) is 17.5. The second-order valence-electron chi connectivity index (χ2n) is 6.28. The van der Waals surface area contributed by atoms with Crippen LogP contribution in [0.15, 0.2) is 76.0 Å². The number of carbonyl (C=O) groups is 2. The Bertz CT molecular complexity index is 1320. The fourth-order valence-electron chi connectivity index (χ4n) is 2.80. The van der Waals surface area contributed by atoms with Crippen molar-refractivity contribution in [1.82, 2.24) is 20.4 Å². The summed E-state index contributed by atoms with van der Waals surface area (Å²) >= 11 is 2.39. The number of hydrazine groups is 1. The Labute approximate surface area is 183 Å². The molecule has 0 bridgehead atoms. The summed E-state index contributed by atoms with van der Waals surface area (Å²) in [6, 6.07) is 16.2. The third-order valence-corrected chi connectivity index (χ3v) is 5.99. The van der Waals surface area contributed by atoms with E-state index in [4.69, 9.17) is 0 Å². The fourth-order valence-corrected chi connectivity index (χ4v) is 4.42. The lowest BCUT2D eigenvalue weighted by Gasteiger charge is -2.12. The molecule has 0 atom stereocenters. The summed E-state index contributed by atoms with van der Waals surface area (Å²) in [6.07, 6.45) is 0. The lowest BCUT2D eigenvalue weighted by atomic mass is 10.2. The molecule has 0 aliphatic carbocycles. The maximum atomic E-state index is 13.7. The van der Waals surface area contributed by atoms with E-state index in [1.54, 1.807) is 35.7 Å². The number of rotatable bonds is 5. The van der Waals surface area contributed by atoms with Gasteiger partial charge in [0.05, 0.1) is 22.4 Å². The Kier molecular flexibility index (Phi) is 6.10. The molecule has 2 heterocycles. The molecule has 156 valence electrons. The fraction of sp³-hybridized carbons (Fsp3) is 0.0476. The van der Waals surface area contributed by atoms with Crippen molar-refractivity contribution in [2.45, 2.75) is 5.16 Å². The van der Waals surface area contributed by atoms with E-state index in [2.05, 4.69) is 15.8 Å². The van der Waals surface area contributed by atoms with Crippen LogP contribution in [0.25, 0.3) is 15.9 Å². The summed E-state index contributed by atoms with van der Waals surface area (Å²) in [5.74, 6) is -2.11. The number of para-hydroxylation sites is 1. The predicted molar refractivity (Wildman–Crippen MR) is 118 cm³/mol. The molecule has 0 fully saturated rings. The average molecular weight is 455 g/mol. The average Bonchev–Trinajstić information content (AvgIpc) is 3.26. The number of fused-ring (bicyclic) bond motifs is 1. The molecule has 2 aromatic carbocycles. The number of carbonyl (C=O) groups excluding carboxylic acids is 2. The summed E-state index contributed by atoms with van der Waals surface area (Å²) in [5, 5.41) is 2.63. The second kappa shape index (κ2) is 9.11. The summed E-state index contributed by atoms with van der Waals surface area (Å²) < 4.78 is 15.1. The first kappa shape index (κ1) is 20.8. The van der Waals surface area contributed by atoms with Gasteiger partial charge in [-0.15, -0.1) is 11.3 Å². The van der Waals surface area contributed by atoms with Gasteiger partial charge in [-0.3, -0.25) is 29.8 Å². The maximum Gasteiger partial charge on any atom is 0.272 e. The molecule has 0 saturated carbocycles. The smallest absolute Gasteiger partial charge is 0.272 e. The van der Waals surface area contributed by atoms with Gasteiger partial charge in [-0.25, -0.2) is 9.37 Å². The van der Waals surface area contributed by atoms with E-state index in [1.807, 2.05) is 6.07 Å². The molecule has 2 N–H and O–H groups in total. The number of aromatic nitrogens is 2. The molecule has 4 rings (SSSR count). The Morgan fingerprint density at radius 2 is 1.77 bits per heavy atom. The highest BCUT2D eigenvalue weighted by Gasteiger charge is 2.16. The summed E-state index contributed by atoms with van der Waals surface area (Å²) in [7, 11) is 0. The van der Waals surface area contributed by atoms with E-state index >= 15 is 0 Å². The van der Waals surface area contributed by atoms with Crippen molar-refractivity contribution in [1.29, 1.82) is 0 Å². The lowest BCUT2D eigenvalue weighted by Crippen LogP contribution is -2.42. The van der Waals surface area contributed by atoms with Crippen LogP contribution in [0.2, 0.25) is 0 Å². The van der Waals surface area contributed by atoms with Crippen molar-refractivity contribution in [3.8, 4) is 5.69 Å². The SMILES string of the molecule is O=C(CSc1nc2sccc2c(=O)n1-c1ccccc1)NNC(=O)c1ccccc1F. The van der Waals surface area contributed by atoms with Crippen LogP contribution < -0.4 is 16.4 Å². The van der Waals surface area contributed by atoms with Crippen molar-refractivity contribution in [2.75, 3.05) is 5.75 Å². The van der Waals surface area contributed by atoms with E-state index in [0.717, 1.165) is 17.8 Å². The highest BCUT2D eigenvalue weighted by Crippen LogP contribution is 2.23. The molecule has 10 heteroatoms. The van der Waals surface area contributed by atoms with Crippen LogP contribution in [0.3, 0.4) is 0 Å². The molecule has 0 aliphatic heterocycles. The number of benzene rings is 2. The Morgan fingerprint density at radius 3 is 2.55 bits per heavy atom. The second-order valence-corrected chi connectivity index (χ2v) is 8.12. The molecule has 4 aromatic rings. The standard InChI is InChI=1S/C21H15FN4O3S2/c22-16-9-5-4-8-14(16)18(28)25-24-17(27)12-31-21-23-19-15(10-11-30-19)20(29)26(21)13-6-2-1-3-7-13/h1-11H,12H2,(H,24,27)(H,25,28). The summed E-state index contributed by atoms with van der Waals surface area (Å²) in [6.45, 7) is 0. The molecular weight excluding hydrogens is 439 g/mol. The van der Waals surface area contributed by atoms with Crippen LogP contribution in [0.5, 0.6) is 0 Å². The number of thiophene rings is 1. The molecule has 2 amide bonds. The number of nitrogens with one attached hydrogen (secondary N) is 2. The molecule has 2 aromatic heterocycles. The van der Waals surface area contributed by atoms with Gasteiger partial charge in [0.15, 0.2) is 5.16 Å². The van der Waals surface area contributed by atoms with Crippen LogP contribution in [-0.2, 0) is 4.79 Å². The number of halogens is 1. The minimum absolute atomic E-state index is 0.117. The molecule has 0 spiro atoms. The van der Waals surface area contributed by atoms with Crippen LogP contribution in [0, 0.1) is 5.82 Å². The molecule has 0 unspecified atom stereocenters. The number of nitrogens with zero attached hydrogens (tertiary/aromatic N) is 2. The van der Waals surface area contributed by atoms with Gasteiger partial charge < -0.3 is 0 Å². The normalized spacial score (nSPS) is 10.7. The topological polar surface area (TPSA) is 93.1 Å². The minimum atomic E-state index is -0.768. The van der Waals surface area contributed by atoms with Gasteiger partial charge >= 0.3 is 0 Å². The lowest BCUT2D eigenvalue weighted by molar-refractivity contribution is -0.119. The van der Waals surface area contributed by atoms with E-state index in [9.17, 15) is 18.8 Å². The van der Waals surface area contributed by atoms with Crippen molar-refractivity contribution in [2.24, 2.45) is 0 Å². The largest absolute Gasteiger partial charge is 0.272 e. The first-order valence-electron chi connectivity index (χ1n) is 9.07. The van der Waals surface area contributed by atoms with Gasteiger partial charge in [0.25, 0.3) is 11.5 Å². The maximum absolute atomic E-state index is 13.7. The number of thioether (sulfide) groups is 1. The Morgan fingerprint density at radius 1 is 1.03 bits per heavy atom. The third kappa shape index (κ3) is 4.49. The van der Waals surface area contributed by atoms with Crippen molar-refractivity contribution in [3.05, 3.63) is 87.8 Å². The Balaban J connectivity index is 1.50. The molecule has 0 radical (unpaired) electrons. The van der Waals surface area contributed by atoms with E-state index < -0.39 is 17.6 Å². The summed E-state index contributed by atoms with van der Waals surface area (Å²) in [5.41, 5.74) is 4.64. The first-order valence-corrected chi connectivity index (χ1v) is 10.9. The zero-order valence-electron chi connectivity index (χ0n) is 15.9. The quantitative estimate of drug-likeness (QED) is 0.275. The first-order chi connectivity index (χ1) is 15.0. The van der Waals surface area contributed by atoms with Gasteiger partial charge in [0, 0.05) is 0 Å². The minimum Gasteiger partial charge on any atom is -0.272 e. The van der Waals surface area contributed by atoms with Crippen molar-refractivity contribution in [3.63, 3.8) is 0 Å². The molecule has 31 heavy (non-hydrogen) atoms. The molecule has 0 aliphatic rings. The van der Waals surface area contributed by atoms with Gasteiger partial charge in [-0.05, 0) is 35.7 Å².